The highest BCUT2D eigenvalue weighted by molar-refractivity contribution is 5.93. The Morgan fingerprint density at radius 2 is 1.72 bits per heavy atom. The lowest BCUT2D eigenvalue weighted by atomic mass is 9.35. The molecule has 5 unspecified atom stereocenters. The molecule has 8 rings (SSSR count). The van der Waals surface area contributed by atoms with Crippen LogP contribution in [-0.4, -0.2) is 46.6 Å². The fraction of sp³-hybridized carbons (Fsp3) is 0.353. The zero-order valence-corrected chi connectivity index (χ0v) is 24.0. The SMILES string of the molecule is COc1cccc(OC)c1C12CC3CC(NC(=O)n4cccn4)(C1)C(C(=O)O)C(c1ccc(C#N)c4ccccc14)(C3)C2. The first-order chi connectivity index (χ1) is 20.8. The lowest BCUT2D eigenvalue weighted by Gasteiger charge is -2.69. The van der Waals surface area contributed by atoms with E-state index in [9.17, 15) is 20.0 Å². The molecule has 0 radical (unpaired) electrons. The highest BCUT2D eigenvalue weighted by Crippen LogP contribution is 2.71. The molecule has 3 aromatic carbocycles. The first kappa shape index (κ1) is 27.0. The van der Waals surface area contributed by atoms with Gasteiger partial charge in [-0.3, -0.25) is 4.79 Å². The van der Waals surface area contributed by atoms with Gasteiger partial charge in [0.25, 0.3) is 0 Å². The number of benzene rings is 3. The van der Waals surface area contributed by atoms with Gasteiger partial charge in [0.05, 0.1) is 37.3 Å². The monoisotopic (exact) mass is 576 g/mol. The summed E-state index contributed by atoms with van der Waals surface area (Å²) in [6, 6.07) is 20.7. The molecule has 2 N–H and O–H groups in total. The Morgan fingerprint density at radius 1 is 0.977 bits per heavy atom. The van der Waals surface area contributed by atoms with Crippen molar-refractivity contribution in [2.24, 2.45) is 11.8 Å². The predicted octanol–water partition coefficient (Wildman–Crippen LogP) is 5.41. The molecular formula is C34H32N4O5. The van der Waals surface area contributed by atoms with Crippen molar-refractivity contribution in [3.63, 3.8) is 0 Å². The van der Waals surface area contributed by atoms with E-state index in [-0.39, 0.29) is 5.92 Å². The fourth-order valence-electron chi connectivity index (χ4n) is 9.47. The second-order valence-corrected chi connectivity index (χ2v) is 12.4. The number of carbonyl (C=O) groups excluding carboxylic acids is 1. The number of nitriles is 1. The maximum absolute atomic E-state index is 13.7. The van der Waals surface area contributed by atoms with Gasteiger partial charge in [0.1, 0.15) is 11.5 Å². The molecule has 1 heterocycles. The largest absolute Gasteiger partial charge is 0.496 e. The van der Waals surface area contributed by atoms with Crippen LogP contribution in [0.4, 0.5) is 4.79 Å². The van der Waals surface area contributed by atoms with Gasteiger partial charge in [0.15, 0.2) is 0 Å². The van der Waals surface area contributed by atoms with Crippen LogP contribution in [0.2, 0.25) is 0 Å². The molecule has 9 nitrogen and oxygen atoms in total. The molecule has 9 heteroatoms. The van der Waals surface area contributed by atoms with E-state index >= 15 is 0 Å². The number of nitrogens with zero attached hydrogens (tertiary/aromatic N) is 3. The minimum absolute atomic E-state index is 0.111. The van der Waals surface area contributed by atoms with E-state index in [0.717, 1.165) is 28.3 Å². The summed E-state index contributed by atoms with van der Waals surface area (Å²) in [6.07, 6.45) is 6.02. The lowest BCUT2D eigenvalue weighted by Crippen LogP contribution is -2.75. The van der Waals surface area contributed by atoms with Crippen LogP contribution in [0.3, 0.4) is 0 Å². The summed E-state index contributed by atoms with van der Waals surface area (Å²) in [5.41, 5.74) is -0.157. The predicted molar refractivity (Wildman–Crippen MR) is 158 cm³/mol. The molecule has 4 aliphatic rings. The Morgan fingerprint density at radius 3 is 2.37 bits per heavy atom. The maximum atomic E-state index is 13.7. The number of hydrogen-bond donors (Lipinski definition) is 2. The third-order valence-corrected chi connectivity index (χ3v) is 10.3. The molecular weight excluding hydrogens is 544 g/mol. The molecule has 0 spiro atoms. The Kier molecular flexibility index (Phi) is 6.03. The van der Waals surface area contributed by atoms with E-state index in [1.165, 1.54) is 10.9 Å². The smallest absolute Gasteiger partial charge is 0.342 e. The van der Waals surface area contributed by atoms with Crippen LogP contribution in [0.15, 0.2) is 73.1 Å². The highest BCUT2D eigenvalue weighted by atomic mass is 16.5. The third kappa shape index (κ3) is 3.79. The Labute approximate surface area is 249 Å². The Balaban J connectivity index is 1.53. The minimum Gasteiger partial charge on any atom is -0.496 e. The molecule has 43 heavy (non-hydrogen) atoms. The van der Waals surface area contributed by atoms with Gasteiger partial charge in [-0.2, -0.15) is 15.0 Å². The van der Waals surface area contributed by atoms with Crippen molar-refractivity contribution in [2.45, 2.75) is 48.5 Å². The summed E-state index contributed by atoms with van der Waals surface area (Å²) in [6.45, 7) is 0. The number of carboxylic acid groups (broad SMARTS) is 1. The molecule has 4 aromatic rings. The van der Waals surface area contributed by atoms with E-state index in [1.807, 2.05) is 48.5 Å². The lowest BCUT2D eigenvalue weighted by molar-refractivity contribution is -0.167. The average Bonchev–Trinajstić information content (AvgIpc) is 3.54. The van der Waals surface area contributed by atoms with E-state index in [4.69, 9.17) is 9.47 Å². The molecule has 4 saturated carbocycles. The van der Waals surface area contributed by atoms with Gasteiger partial charge in [-0.15, -0.1) is 0 Å². The van der Waals surface area contributed by atoms with Crippen LogP contribution in [0, 0.1) is 23.2 Å². The second kappa shape index (κ2) is 9.60. The number of amides is 1. The topological polar surface area (TPSA) is 126 Å². The second-order valence-electron chi connectivity index (χ2n) is 12.4. The van der Waals surface area contributed by atoms with Gasteiger partial charge < -0.3 is 19.9 Å². The van der Waals surface area contributed by atoms with E-state index in [1.54, 1.807) is 32.5 Å². The molecule has 218 valence electrons. The summed E-state index contributed by atoms with van der Waals surface area (Å²) in [7, 11) is 3.27. The average molecular weight is 577 g/mol. The van der Waals surface area contributed by atoms with Crippen LogP contribution < -0.4 is 14.8 Å². The van der Waals surface area contributed by atoms with Crippen LogP contribution in [-0.2, 0) is 15.6 Å². The van der Waals surface area contributed by atoms with Gasteiger partial charge in [0.2, 0.25) is 0 Å². The van der Waals surface area contributed by atoms with Gasteiger partial charge in [-0.25, -0.2) is 4.79 Å². The molecule has 1 aromatic heterocycles. The number of aliphatic carboxylic acids is 1. The number of ether oxygens (including phenoxy) is 2. The zero-order chi connectivity index (χ0) is 30.0. The first-order valence-corrected chi connectivity index (χ1v) is 14.5. The normalized spacial score (nSPS) is 28.8. The van der Waals surface area contributed by atoms with Gasteiger partial charge in [-0.1, -0.05) is 36.4 Å². The van der Waals surface area contributed by atoms with Crippen molar-refractivity contribution in [2.75, 3.05) is 14.2 Å². The quantitative estimate of drug-likeness (QED) is 0.314. The Bertz CT molecular complexity index is 1790. The van der Waals surface area contributed by atoms with Crippen molar-refractivity contribution in [1.29, 1.82) is 5.26 Å². The van der Waals surface area contributed by atoms with Crippen LogP contribution >= 0.6 is 0 Å². The Hall–Kier alpha value is -4.84. The number of rotatable bonds is 6. The maximum Gasteiger partial charge on any atom is 0.342 e. The minimum atomic E-state index is -1.09. The summed E-state index contributed by atoms with van der Waals surface area (Å²) >= 11 is 0. The van der Waals surface area contributed by atoms with Gasteiger partial charge in [0, 0.05) is 28.8 Å². The van der Waals surface area contributed by atoms with Crippen molar-refractivity contribution in [1.82, 2.24) is 15.1 Å². The van der Waals surface area contributed by atoms with Crippen molar-refractivity contribution >= 4 is 22.8 Å². The van der Waals surface area contributed by atoms with Crippen LogP contribution in [0.5, 0.6) is 11.5 Å². The number of hydrogen-bond acceptors (Lipinski definition) is 6. The molecule has 5 atom stereocenters. The number of nitrogens with one attached hydrogen (secondary N) is 1. The molecule has 4 fully saturated rings. The summed E-state index contributed by atoms with van der Waals surface area (Å²) in [5, 5.41) is 30.1. The number of aromatic nitrogens is 2. The van der Waals surface area contributed by atoms with Crippen LogP contribution in [0.1, 0.15) is 48.8 Å². The van der Waals surface area contributed by atoms with E-state index in [2.05, 4.69) is 16.5 Å². The van der Waals surface area contributed by atoms with Crippen molar-refractivity contribution in [3.8, 4) is 17.6 Å². The molecule has 4 bridgehead atoms. The first-order valence-electron chi connectivity index (χ1n) is 14.5. The molecule has 0 aliphatic heterocycles. The molecule has 0 saturated heterocycles. The third-order valence-electron chi connectivity index (χ3n) is 10.3. The number of carboxylic acids is 1. The summed E-state index contributed by atoms with van der Waals surface area (Å²) in [4.78, 5) is 27.3. The highest BCUT2D eigenvalue weighted by Gasteiger charge is 2.72. The van der Waals surface area contributed by atoms with Crippen molar-refractivity contribution in [3.05, 3.63) is 89.7 Å². The number of fused-ring (bicyclic) bond motifs is 1. The summed E-state index contributed by atoms with van der Waals surface area (Å²) < 4.78 is 13.1. The van der Waals surface area contributed by atoms with Gasteiger partial charge in [-0.05, 0) is 78.6 Å². The van der Waals surface area contributed by atoms with Gasteiger partial charge >= 0.3 is 12.0 Å². The number of carbonyl (C=O) groups is 2. The van der Waals surface area contributed by atoms with Crippen LogP contribution in [0.25, 0.3) is 10.8 Å². The van der Waals surface area contributed by atoms with E-state index < -0.39 is 34.3 Å². The van der Waals surface area contributed by atoms with Crippen molar-refractivity contribution < 1.29 is 24.2 Å². The molecule has 1 amide bonds. The van der Waals surface area contributed by atoms with E-state index in [0.29, 0.717) is 42.7 Å². The fourth-order valence-corrected chi connectivity index (χ4v) is 9.47. The number of methoxy groups -OCH3 is 2. The standard InChI is InChI=1S/C34H32N4O5/c1-42-26-9-5-10-27(43-2)28(26)32-15-21-16-33(19-32,25-12-11-22(18-35)23-7-3-4-8-24(23)25)29(30(39)40)34(17-21,20-32)37-31(41)38-14-6-13-36-38/h3-14,21,29H,15-17,19-20H2,1-2H3,(H,37,41)(H,39,40). The molecule has 4 aliphatic carbocycles. The zero-order valence-electron chi connectivity index (χ0n) is 24.0. The summed E-state index contributed by atoms with van der Waals surface area (Å²) in [5.74, 6) is -0.403.